The van der Waals surface area contributed by atoms with E-state index in [0.717, 1.165) is 5.22 Å². The van der Waals surface area contributed by atoms with Crippen molar-refractivity contribution in [2.75, 3.05) is 13.7 Å². The Morgan fingerprint density at radius 3 is 3.23 bits per heavy atom. The van der Waals surface area contributed by atoms with Gasteiger partial charge in [0.15, 0.2) is 5.69 Å². The fourth-order valence-corrected chi connectivity index (χ4v) is 1.28. The lowest BCUT2D eigenvalue weighted by molar-refractivity contribution is 0.0592. The molecule has 1 aromatic rings. The van der Waals surface area contributed by atoms with Crippen molar-refractivity contribution >= 4 is 12.0 Å². The van der Waals surface area contributed by atoms with Crippen molar-refractivity contribution in [2.24, 2.45) is 4.99 Å². The first-order valence-electron chi connectivity index (χ1n) is 3.91. The van der Waals surface area contributed by atoms with E-state index in [-0.39, 0.29) is 0 Å². The fourth-order valence-electron chi connectivity index (χ4n) is 1.28. The van der Waals surface area contributed by atoms with Crippen molar-refractivity contribution in [1.29, 1.82) is 0 Å². The molecule has 0 aliphatic carbocycles. The smallest absolute Gasteiger partial charge is 0.358 e. The van der Waals surface area contributed by atoms with E-state index in [9.17, 15) is 4.79 Å². The number of fused-ring (bicyclic) bond motifs is 1. The molecule has 0 fully saturated rings. The summed E-state index contributed by atoms with van der Waals surface area (Å²) in [6.45, 7) is 0.616. The zero-order valence-corrected chi connectivity index (χ0v) is 7.15. The summed E-state index contributed by atoms with van der Waals surface area (Å²) >= 11 is 0. The summed E-state index contributed by atoms with van der Waals surface area (Å²) in [5, 5.41) is 1.60. The average molecular weight is 176 g/mol. The van der Waals surface area contributed by atoms with Crippen LogP contribution < -0.4 is 10.6 Å². The Kier molecular flexibility index (Phi) is 1.81. The van der Waals surface area contributed by atoms with Gasteiger partial charge in [0, 0.05) is 11.4 Å². The van der Waals surface area contributed by atoms with Gasteiger partial charge in [-0.3, -0.25) is 4.99 Å². The first-order valence-corrected chi connectivity index (χ1v) is 3.91. The molecule has 2 heterocycles. The van der Waals surface area contributed by atoms with Gasteiger partial charge in [-0.05, 0) is 6.07 Å². The van der Waals surface area contributed by atoms with Gasteiger partial charge < -0.3 is 4.74 Å². The second-order valence-electron chi connectivity index (χ2n) is 2.63. The lowest BCUT2D eigenvalue weighted by atomic mass is 10.3. The van der Waals surface area contributed by atoms with Crippen molar-refractivity contribution in [3.8, 4) is 0 Å². The Morgan fingerprint density at radius 1 is 1.62 bits per heavy atom. The molecule has 4 heteroatoms. The molecule has 0 atom stereocenters. The Hall–Kier alpha value is -1.71. The number of ether oxygens (including phenoxy) is 1. The first-order chi connectivity index (χ1) is 6.33. The molecule has 66 valence electrons. The number of esters is 1. The number of hydrogen-bond donors (Lipinski definition) is 0. The van der Waals surface area contributed by atoms with Gasteiger partial charge in [-0.1, -0.05) is 6.08 Å². The molecular formula is C9H8N2O2. The number of carbonyl (C=O) groups excluding carboxylic acids is 1. The summed E-state index contributed by atoms with van der Waals surface area (Å²) < 4.78 is 4.59. The molecule has 0 saturated heterocycles. The maximum Gasteiger partial charge on any atom is 0.358 e. The summed E-state index contributed by atoms with van der Waals surface area (Å²) in [6.07, 6.45) is 3.53. The van der Waals surface area contributed by atoms with Gasteiger partial charge in [-0.25, -0.2) is 9.78 Å². The number of methoxy groups -OCH3 is 1. The standard InChI is InChI=1S/C9H8N2O2/c1-13-9(12)8-7-6(2-4-10-7)3-5-11-8/h2-3,5H,4H2,1H3. The van der Waals surface area contributed by atoms with Crippen LogP contribution in [0.15, 0.2) is 17.3 Å². The van der Waals surface area contributed by atoms with Gasteiger partial charge in [0.25, 0.3) is 0 Å². The molecular weight excluding hydrogens is 168 g/mol. The molecule has 1 aliphatic rings. The van der Waals surface area contributed by atoms with Crippen LogP contribution in [0.25, 0.3) is 6.08 Å². The van der Waals surface area contributed by atoms with Crippen LogP contribution in [0.4, 0.5) is 0 Å². The topological polar surface area (TPSA) is 51.5 Å². The molecule has 1 aromatic heterocycles. The minimum absolute atomic E-state index is 0.300. The monoisotopic (exact) mass is 176 g/mol. The Morgan fingerprint density at radius 2 is 2.46 bits per heavy atom. The third-order valence-electron chi connectivity index (χ3n) is 1.89. The Labute approximate surface area is 74.6 Å². The highest BCUT2D eigenvalue weighted by atomic mass is 16.5. The normalized spacial score (nSPS) is 12.7. The van der Waals surface area contributed by atoms with Crippen LogP contribution in [-0.4, -0.2) is 24.6 Å². The van der Waals surface area contributed by atoms with E-state index in [1.807, 2.05) is 12.1 Å². The van der Waals surface area contributed by atoms with Crippen LogP contribution in [0, 0.1) is 0 Å². The van der Waals surface area contributed by atoms with Crippen LogP contribution in [0.2, 0.25) is 0 Å². The van der Waals surface area contributed by atoms with Crippen LogP contribution >= 0.6 is 0 Å². The molecule has 0 bridgehead atoms. The van der Waals surface area contributed by atoms with Crippen LogP contribution in [0.3, 0.4) is 0 Å². The highest BCUT2D eigenvalue weighted by Crippen LogP contribution is 1.89. The second kappa shape index (κ2) is 2.97. The quantitative estimate of drug-likeness (QED) is 0.531. The van der Waals surface area contributed by atoms with Crippen LogP contribution in [0.5, 0.6) is 0 Å². The third-order valence-corrected chi connectivity index (χ3v) is 1.89. The fraction of sp³-hybridized carbons (Fsp3) is 0.222. The van der Waals surface area contributed by atoms with Crippen molar-refractivity contribution in [3.63, 3.8) is 0 Å². The molecule has 2 rings (SSSR count). The van der Waals surface area contributed by atoms with Crippen molar-refractivity contribution in [1.82, 2.24) is 4.98 Å². The average Bonchev–Trinajstić information content (AvgIpc) is 2.63. The van der Waals surface area contributed by atoms with E-state index in [0.29, 0.717) is 17.6 Å². The lowest BCUT2D eigenvalue weighted by Gasteiger charge is -1.96. The van der Waals surface area contributed by atoms with Gasteiger partial charge in [-0.15, -0.1) is 0 Å². The van der Waals surface area contributed by atoms with Crippen molar-refractivity contribution in [2.45, 2.75) is 0 Å². The van der Waals surface area contributed by atoms with Gasteiger partial charge in [-0.2, -0.15) is 0 Å². The number of carbonyl (C=O) groups is 1. The predicted octanol–water partition coefficient (Wildman–Crippen LogP) is -0.718. The summed E-state index contributed by atoms with van der Waals surface area (Å²) in [6, 6.07) is 1.83. The number of aromatic nitrogens is 1. The van der Waals surface area contributed by atoms with E-state index in [2.05, 4.69) is 14.7 Å². The molecule has 0 aromatic carbocycles. The predicted molar refractivity (Wildman–Crippen MR) is 45.7 cm³/mol. The van der Waals surface area contributed by atoms with Crippen molar-refractivity contribution < 1.29 is 9.53 Å². The van der Waals surface area contributed by atoms with E-state index >= 15 is 0 Å². The molecule has 0 spiro atoms. The molecule has 0 amide bonds. The zero-order valence-electron chi connectivity index (χ0n) is 7.15. The van der Waals surface area contributed by atoms with Gasteiger partial charge in [0.1, 0.15) is 0 Å². The molecule has 13 heavy (non-hydrogen) atoms. The lowest BCUT2D eigenvalue weighted by Crippen LogP contribution is -2.30. The van der Waals surface area contributed by atoms with Gasteiger partial charge in [0.2, 0.25) is 0 Å². The number of rotatable bonds is 1. The second-order valence-corrected chi connectivity index (χ2v) is 2.63. The molecule has 0 unspecified atom stereocenters. The highest BCUT2D eigenvalue weighted by molar-refractivity contribution is 5.86. The molecule has 0 saturated carbocycles. The first kappa shape index (κ1) is 7.91. The molecule has 0 radical (unpaired) electrons. The van der Waals surface area contributed by atoms with Crippen LogP contribution in [0.1, 0.15) is 10.5 Å². The largest absolute Gasteiger partial charge is 0.464 e. The molecule has 0 N–H and O–H groups in total. The van der Waals surface area contributed by atoms with Gasteiger partial charge in [0.05, 0.1) is 19.0 Å². The third kappa shape index (κ3) is 1.20. The van der Waals surface area contributed by atoms with Crippen molar-refractivity contribution in [3.05, 3.63) is 28.5 Å². The maximum atomic E-state index is 11.2. The van der Waals surface area contributed by atoms with E-state index < -0.39 is 5.97 Å². The molecule has 4 nitrogen and oxygen atoms in total. The summed E-state index contributed by atoms with van der Waals surface area (Å²) in [7, 11) is 1.34. The van der Waals surface area contributed by atoms with E-state index in [4.69, 9.17) is 0 Å². The maximum absolute atomic E-state index is 11.2. The highest BCUT2D eigenvalue weighted by Gasteiger charge is 2.11. The van der Waals surface area contributed by atoms with Crippen LogP contribution in [-0.2, 0) is 4.74 Å². The zero-order chi connectivity index (χ0) is 9.26. The summed E-state index contributed by atoms with van der Waals surface area (Å²) in [5.74, 6) is -0.434. The molecule has 1 aliphatic heterocycles. The summed E-state index contributed by atoms with van der Waals surface area (Å²) in [5.41, 5.74) is 0.300. The minimum Gasteiger partial charge on any atom is -0.464 e. The summed E-state index contributed by atoms with van der Waals surface area (Å²) in [4.78, 5) is 19.3. The van der Waals surface area contributed by atoms with Gasteiger partial charge >= 0.3 is 5.97 Å². The SMILES string of the molecule is COC(=O)c1nccc2c1=NCC=2. The number of nitrogens with zero attached hydrogens (tertiary/aromatic N) is 2. The van der Waals surface area contributed by atoms with E-state index in [1.54, 1.807) is 6.20 Å². The Bertz CT molecular complexity index is 465. The Balaban J connectivity index is 2.69. The number of hydrogen-bond acceptors (Lipinski definition) is 4. The van der Waals surface area contributed by atoms with E-state index in [1.165, 1.54) is 7.11 Å². The number of pyridine rings is 1. The minimum atomic E-state index is -0.434.